The maximum Gasteiger partial charge on any atom is 0.0613 e. The molecule has 1 heterocycles. The molecule has 2 nitrogen and oxygen atoms in total. The van der Waals surface area contributed by atoms with Crippen LogP contribution in [-0.2, 0) is 4.74 Å². The third-order valence-corrected chi connectivity index (χ3v) is 3.70. The number of hydrogen-bond donors (Lipinski definition) is 0. The predicted octanol–water partition coefficient (Wildman–Crippen LogP) is 3.45. The van der Waals surface area contributed by atoms with Gasteiger partial charge in [-0.1, -0.05) is 6.92 Å². The Kier molecular flexibility index (Phi) is 4.07. The Morgan fingerprint density at radius 1 is 1.12 bits per heavy atom. The number of likely N-dealkylation sites (tertiary alicyclic amines) is 1. The molecule has 0 aromatic carbocycles. The van der Waals surface area contributed by atoms with Crippen LogP contribution < -0.4 is 0 Å². The molecule has 1 fully saturated rings. The molecular formula is C14H29NO. The smallest absolute Gasteiger partial charge is 0.0613 e. The van der Waals surface area contributed by atoms with Crippen molar-refractivity contribution in [1.29, 1.82) is 0 Å². The van der Waals surface area contributed by atoms with Crippen LogP contribution in [0.15, 0.2) is 0 Å². The summed E-state index contributed by atoms with van der Waals surface area (Å²) >= 11 is 0. The van der Waals surface area contributed by atoms with Crippen LogP contribution in [0.25, 0.3) is 0 Å². The van der Waals surface area contributed by atoms with Gasteiger partial charge in [-0.2, -0.15) is 0 Å². The van der Waals surface area contributed by atoms with Crippen molar-refractivity contribution in [2.45, 2.75) is 84.6 Å². The van der Waals surface area contributed by atoms with Gasteiger partial charge in [0.1, 0.15) is 0 Å². The highest BCUT2D eigenvalue weighted by Crippen LogP contribution is 2.39. The second kappa shape index (κ2) is 4.66. The molecule has 16 heavy (non-hydrogen) atoms. The first-order chi connectivity index (χ1) is 7.19. The predicted molar refractivity (Wildman–Crippen MR) is 69.8 cm³/mol. The fourth-order valence-electron chi connectivity index (χ4n) is 3.56. The van der Waals surface area contributed by atoms with Crippen molar-refractivity contribution in [3.63, 3.8) is 0 Å². The maximum atomic E-state index is 6.03. The van der Waals surface area contributed by atoms with Gasteiger partial charge in [0, 0.05) is 11.1 Å². The minimum absolute atomic E-state index is 0.246. The highest BCUT2D eigenvalue weighted by atomic mass is 16.5. The van der Waals surface area contributed by atoms with E-state index in [2.05, 4.69) is 53.4 Å². The summed E-state index contributed by atoms with van der Waals surface area (Å²) in [6.07, 6.45) is 3.03. The number of hydrogen-bond acceptors (Lipinski definition) is 2. The Morgan fingerprint density at radius 2 is 1.56 bits per heavy atom. The number of nitrogens with zero attached hydrogens (tertiary/aromatic N) is 1. The Labute approximate surface area is 101 Å². The Hall–Kier alpha value is -0.0800. The second-order valence-corrected chi connectivity index (χ2v) is 6.58. The van der Waals surface area contributed by atoms with E-state index in [4.69, 9.17) is 4.74 Å². The molecule has 0 bridgehead atoms. The summed E-state index contributed by atoms with van der Waals surface area (Å²) in [7, 11) is 0. The van der Waals surface area contributed by atoms with Crippen molar-refractivity contribution in [2.75, 3.05) is 6.54 Å². The fraction of sp³-hybridized carbons (Fsp3) is 1.00. The largest absolute Gasteiger partial charge is 0.375 e. The molecule has 0 aromatic heterocycles. The van der Waals surface area contributed by atoms with Crippen LogP contribution in [0.5, 0.6) is 0 Å². The van der Waals surface area contributed by atoms with Gasteiger partial charge in [0.25, 0.3) is 0 Å². The minimum atomic E-state index is 0.246. The van der Waals surface area contributed by atoms with Crippen molar-refractivity contribution >= 4 is 0 Å². The summed E-state index contributed by atoms with van der Waals surface area (Å²) in [6.45, 7) is 17.0. The molecule has 0 N–H and O–H groups in total. The third kappa shape index (κ3) is 2.98. The van der Waals surface area contributed by atoms with Crippen LogP contribution in [0.1, 0.15) is 61.3 Å². The van der Waals surface area contributed by atoms with E-state index in [1.165, 1.54) is 0 Å². The Balaban J connectivity index is 2.80. The number of rotatable bonds is 3. The molecule has 0 aromatic rings. The van der Waals surface area contributed by atoms with Crippen molar-refractivity contribution in [1.82, 2.24) is 4.90 Å². The minimum Gasteiger partial charge on any atom is -0.375 e. The van der Waals surface area contributed by atoms with E-state index in [1.54, 1.807) is 0 Å². The van der Waals surface area contributed by atoms with E-state index in [1.807, 2.05) is 0 Å². The van der Waals surface area contributed by atoms with E-state index in [9.17, 15) is 0 Å². The first-order valence-electron chi connectivity index (χ1n) is 6.62. The summed E-state index contributed by atoms with van der Waals surface area (Å²) < 4.78 is 6.03. The average Bonchev–Trinajstić information content (AvgIpc) is 1.97. The van der Waals surface area contributed by atoms with Crippen LogP contribution in [-0.4, -0.2) is 34.7 Å². The molecule has 1 aliphatic rings. The zero-order valence-electron chi connectivity index (χ0n) is 12.1. The standard InChI is InChI=1S/C14H29NO/c1-8-15-13(4,5)9-12(16-11(2)3)10-14(15,6)7/h11-12H,8-10H2,1-7H3. The molecule has 0 amide bonds. The van der Waals surface area contributed by atoms with Gasteiger partial charge in [-0.05, 0) is 60.9 Å². The van der Waals surface area contributed by atoms with Gasteiger partial charge >= 0.3 is 0 Å². The van der Waals surface area contributed by atoms with Crippen molar-refractivity contribution in [2.24, 2.45) is 0 Å². The lowest BCUT2D eigenvalue weighted by atomic mass is 9.78. The maximum absolute atomic E-state index is 6.03. The van der Waals surface area contributed by atoms with Gasteiger partial charge < -0.3 is 4.74 Å². The lowest BCUT2D eigenvalue weighted by Crippen LogP contribution is -2.62. The van der Waals surface area contributed by atoms with Crippen LogP contribution in [0.4, 0.5) is 0 Å². The fourth-order valence-corrected chi connectivity index (χ4v) is 3.56. The van der Waals surface area contributed by atoms with E-state index >= 15 is 0 Å². The molecule has 1 aliphatic heterocycles. The number of piperidine rings is 1. The van der Waals surface area contributed by atoms with E-state index in [-0.39, 0.29) is 11.1 Å². The first kappa shape index (κ1) is 14.0. The zero-order chi connectivity index (χ0) is 12.6. The third-order valence-electron chi connectivity index (χ3n) is 3.70. The zero-order valence-corrected chi connectivity index (χ0v) is 12.1. The van der Waals surface area contributed by atoms with Crippen LogP contribution >= 0.6 is 0 Å². The van der Waals surface area contributed by atoms with Gasteiger partial charge in [0.2, 0.25) is 0 Å². The second-order valence-electron chi connectivity index (χ2n) is 6.58. The first-order valence-corrected chi connectivity index (χ1v) is 6.62. The lowest BCUT2D eigenvalue weighted by molar-refractivity contribution is -0.115. The number of ether oxygens (including phenoxy) is 1. The van der Waals surface area contributed by atoms with Crippen molar-refractivity contribution < 1.29 is 4.74 Å². The molecule has 96 valence electrons. The molecule has 0 atom stereocenters. The summed E-state index contributed by atoms with van der Waals surface area (Å²) in [5.41, 5.74) is 0.492. The summed E-state index contributed by atoms with van der Waals surface area (Å²) in [5, 5.41) is 0. The molecule has 0 unspecified atom stereocenters. The van der Waals surface area contributed by atoms with Crippen LogP contribution in [0.2, 0.25) is 0 Å². The van der Waals surface area contributed by atoms with Crippen LogP contribution in [0, 0.1) is 0 Å². The lowest BCUT2D eigenvalue weighted by Gasteiger charge is -2.55. The van der Waals surface area contributed by atoms with Gasteiger partial charge in [-0.3, -0.25) is 4.90 Å². The highest BCUT2D eigenvalue weighted by Gasteiger charge is 2.44. The molecule has 0 saturated carbocycles. The summed E-state index contributed by atoms with van der Waals surface area (Å²) in [5.74, 6) is 0. The van der Waals surface area contributed by atoms with E-state index in [0.717, 1.165) is 19.4 Å². The van der Waals surface area contributed by atoms with Crippen molar-refractivity contribution in [3.05, 3.63) is 0 Å². The van der Waals surface area contributed by atoms with Gasteiger partial charge in [-0.25, -0.2) is 0 Å². The average molecular weight is 227 g/mol. The molecule has 0 aliphatic carbocycles. The Bertz CT molecular complexity index is 215. The van der Waals surface area contributed by atoms with Gasteiger partial charge in [0.15, 0.2) is 0 Å². The topological polar surface area (TPSA) is 12.5 Å². The molecule has 0 spiro atoms. The quantitative estimate of drug-likeness (QED) is 0.732. The van der Waals surface area contributed by atoms with Gasteiger partial charge in [0.05, 0.1) is 12.2 Å². The molecule has 1 saturated heterocycles. The van der Waals surface area contributed by atoms with Crippen molar-refractivity contribution in [3.8, 4) is 0 Å². The van der Waals surface area contributed by atoms with Crippen LogP contribution in [0.3, 0.4) is 0 Å². The summed E-state index contributed by atoms with van der Waals surface area (Å²) in [6, 6.07) is 0. The normalized spacial score (nSPS) is 26.2. The highest BCUT2D eigenvalue weighted by molar-refractivity contribution is 5.00. The Morgan fingerprint density at radius 3 is 1.88 bits per heavy atom. The van der Waals surface area contributed by atoms with Gasteiger partial charge in [-0.15, -0.1) is 0 Å². The molecule has 0 radical (unpaired) electrons. The van der Waals surface area contributed by atoms with E-state index < -0.39 is 0 Å². The molecule has 1 rings (SSSR count). The van der Waals surface area contributed by atoms with E-state index in [0.29, 0.717) is 12.2 Å². The monoisotopic (exact) mass is 227 g/mol. The SMILES string of the molecule is CCN1C(C)(C)CC(OC(C)C)CC1(C)C. The molecular weight excluding hydrogens is 198 g/mol. The summed E-state index contributed by atoms with van der Waals surface area (Å²) in [4.78, 5) is 2.61. The molecule has 2 heteroatoms.